The Morgan fingerprint density at radius 2 is 2.36 bits per heavy atom. The number of morpholine rings is 1. The largest absolute Gasteiger partial charge is 0.378 e. The van der Waals surface area contributed by atoms with E-state index in [0.29, 0.717) is 12.1 Å². The normalized spacial score (nSPS) is 40.1. The molecule has 0 saturated carbocycles. The highest BCUT2D eigenvalue weighted by molar-refractivity contribution is 4.86. The van der Waals surface area contributed by atoms with Gasteiger partial charge in [0.05, 0.1) is 13.2 Å². The van der Waals surface area contributed by atoms with E-state index >= 15 is 0 Å². The monoisotopic (exact) mass is 156 g/mol. The summed E-state index contributed by atoms with van der Waals surface area (Å²) in [6.45, 7) is 7.47. The molecule has 0 radical (unpaired) electrons. The second-order valence-electron chi connectivity index (χ2n) is 3.47. The first-order valence-electron chi connectivity index (χ1n) is 4.42. The number of piperazine rings is 1. The van der Waals surface area contributed by atoms with Gasteiger partial charge in [-0.3, -0.25) is 4.90 Å². The van der Waals surface area contributed by atoms with Crippen LogP contribution in [0.2, 0.25) is 0 Å². The van der Waals surface area contributed by atoms with Crippen LogP contribution in [0.25, 0.3) is 0 Å². The van der Waals surface area contributed by atoms with Gasteiger partial charge in [-0.25, -0.2) is 0 Å². The van der Waals surface area contributed by atoms with Crippen molar-refractivity contribution in [2.24, 2.45) is 0 Å². The molecule has 64 valence electrons. The first kappa shape index (κ1) is 7.53. The number of rotatable bonds is 0. The Hall–Kier alpha value is -0.120. The standard InChI is InChI=1S/C8H16N2O/c1-7-4-9-5-8-6-11-3-2-10(7)8/h7-9H,2-6H2,1H3. The molecule has 0 bridgehead atoms. The summed E-state index contributed by atoms with van der Waals surface area (Å²) in [4.78, 5) is 2.56. The number of hydrogen-bond acceptors (Lipinski definition) is 3. The van der Waals surface area contributed by atoms with Gasteiger partial charge in [-0.15, -0.1) is 0 Å². The number of fused-ring (bicyclic) bond motifs is 1. The van der Waals surface area contributed by atoms with E-state index in [1.165, 1.54) is 0 Å². The maximum Gasteiger partial charge on any atom is 0.0635 e. The van der Waals surface area contributed by atoms with E-state index in [-0.39, 0.29) is 0 Å². The van der Waals surface area contributed by atoms with Gasteiger partial charge < -0.3 is 10.1 Å². The lowest BCUT2D eigenvalue weighted by Gasteiger charge is -2.43. The van der Waals surface area contributed by atoms with Crippen LogP contribution < -0.4 is 5.32 Å². The molecule has 0 spiro atoms. The summed E-state index contributed by atoms with van der Waals surface area (Å²) < 4.78 is 5.41. The SMILES string of the molecule is CC1CNCC2COCCN12. The third kappa shape index (κ3) is 1.41. The molecule has 3 heteroatoms. The van der Waals surface area contributed by atoms with Crippen molar-refractivity contribution >= 4 is 0 Å². The molecule has 2 rings (SSSR count). The molecule has 0 amide bonds. The fraction of sp³-hybridized carbons (Fsp3) is 1.00. The molecule has 2 saturated heterocycles. The van der Waals surface area contributed by atoms with E-state index in [2.05, 4.69) is 17.1 Å². The van der Waals surface area contributed by atoms with E-state index in [1.807, 2.05) is 0 Å². The Morgan fingerprint density at radius 1 is 1.45 bits per heavy atom. The van der Waals surface area contributed by atoms with Crippen molar-refractivity contribution in [1.82, 2.24) is 10.2 Å². The third-order valence-electron chi connectivity index (χ3n) is 2.66. The summed E-state index contributed by atoms with van der Waals surface area (Å²) in [5.74, 6) is 0. The lowest BCUT2D eigenvalue weighted by atomic mass is 10.1. The summed E-state index contributed by atoms with van der Waals surface area (Å²) in [6, 6.07) is 1.32. The van der Waals surface area contributed by atoms with Gasteiger partial charge in [0.15, 0.2) is 0 Å². The van der Waals surface area contributed by atoms with Crippen LogP contribution in [0, 0.1) is 0 Å². The molecule has 2 aliphatic heterocycles. The lowest BCUT2D eigenvalue weighted by molar-refractivity contribution is -0.0377. The highest BCUT2D eigenvalue weighted by Crippen LogP contribution is 2.13. The predicted octanol–water partition coefficient (Wildman–Crippen LogP) is -0.321. The Morgan fingerprint density at radius 3 is 3.18 bits per heavy atom. The predicted molar refractivity (Wildman–Crippen MR) is 43.6 cm³/mol. The lowest BCUT2D eigenvalue weighted by Crippen LogP contribution is -2.60. The Kier molecular flexibility index (Phi) is 2.11. The van der Waals surface area contributed by atoms with Gasteiger partial charge >= 0.3 is 0 Å². The van der Waals surface area contributed by atoms with Gasteiger partial charge in [0.1, 0.15) is 0 Å². The average Bonchev–Trinajstić information content (AvgIpc) is 2.06. The summed E-state index contributed by atoms with van der Waals surface area (Å²) >= 11 is 0. The zero-order valence-corrected chi connectivity index (χ0v) is 7.05. The highest BCUT2D eigenvalue weighted by atomic mass is 16.5. The molecular weight excluding hydrogens is 140 g/mol. The van der Waals surface area contributed by atoms with Crippen LogP contribution in [0.3, 0.4) is 0 Å². The van der Waals surface area contributed by atoms with Crippen LogP contribution in [-0.4, -0.2) is 49.8 Å². The van der Waals surface area contributed by atoms with Crippen LogP contribution in [0.1, 0.15) is 6.92 Å². The van der Waals surface area contributed by atoms with Crippen LogP contribution in [0.4, 0.5) is 0 Å². The van der Waals surface area contributed by atoms with E-state index in [1.54, 1.807) is 0 Å². The molecule has 0 aromatic heterocycles. The van der Waals surface area contributed by atoms with Crippen molar-refractivity contribution in [2.45, 2.75) is 19.0 Å². The Labute approximate surface area is 67.7 Å². The molecule has 2 atom stereocenters. The van der Waals surface area contributed by atoms with Crippen molar-refractivity contribution in [3.05, 3.63) is 0 Å². The van der Waals surface area contributed by atoms with Crippen LogP contribution in [0.5, 0.6) is 0 Å². The van der Waals surface area contributed by atoms with Gasteiger partial charge in [0.2, 0.25) is 0 Å². The van der Waals surface area contributed by atoms with E-state index in [9.17, 15) is 0 Å². The van der Waals surface area contributed by atoms with Gasteiger partial charge in [0, 0.05) is 31.7 Å². The maximum atomic E-state index is 5.41. The van der Waals surface area contributed by atoms with Crippen molar-refractivity contribution in [3.8, 4) is 0 Å². The summed E-state index contributed by atoms with van der Waals surface area (Å²) in [7, 11) is 0. The molecule has 2 heterocycles. The summed E-state index contributed by atoms with van der Waals surface area (Å²) in [6.07, 6.45) is 0. The van der Waals surface area contributed by atoms with Gasteiger partial charge in [0.25, 0.3) is 0 Å². The van der Waals surface area contributed by atoms with Crippen molar-refractivity contribution in [3.63, 3.8) is 0 Å². The zero-order valence-electron chi connectivity index (χ0n) is 7.05. The summed E-state index contributed by atoms with van der Waals surface area (Å²) in [5, 5.41) is 3.41. The van der Waals surface area contributed by atoms with Crippen LogP contribution in [-0.2, 0) is 4.74 Å². The Bertz CT molecular complexity index is 138. The van der Waals surface area contributed by atoms with Crippen molar-refractivity contribution in [2.75, 3.05) is 32.8 Å². The Balaban J connectivity index is 1.99. The molecule has 2 fully saturated rings. The second kappa shape index (κ2) is 3.09. The minimum Gasteiger partial charge on any atom is -0.378 e. The number of nitrogens with zero attached hydrogens (tertiary/aromatic N) is 1. The molecule has 11 heavy (non-hydrogen) atoms. The maximum absolute atomic E-state index is 5.41. The van der Waals surface area contributed by atoms with Crippen LogP contribution >= 0.6 is 0 Å². The number of ether oxygens (including phenoxy) is 1. The number of nitrogens with one attached hydrogen (secondary N) is 1. The first-order valence-corrected chi connectivity index (χ1v) is 4.42. The zero-order chi connectivity index (χ0) is 7.68. The topological polar surface area (TPSA) is 24.5 Å². The van der Waals surface area contributed by atoms with Gasteiger partial charge in [-0.1, -0.05) is 0 Å². The third-order valence-corrected chi connectivity index (χ3v) is 2.66. The molecule has 3 nitrogen and oxygen atoms in total. The molecule has 2 aliphatic rings. The summed E-state index contributed by atoms with van der Waals surface area (Å²) in [5.41, 5.74) is 0. The average molecular weight is 156 g/mol. The van der Waals surface area contributed by atoms with Gasteiger partial charge in [-0.05, 0) is 6.92 Å². The fourth-order valence-corrected chi connectivity index (χ4v) is 2.00. The van der Waals surface area contributed by atoms with E-state index in [4.69, 9.17) is 4.74 Å². The first-order chi connectivity index (χ1) is 5.38. The van der Waals surface area contributed by atoms with Gasteiger partial charge in [-0.2, -0.15) is 0 Å². The van der Waals surface area contributed by atoms with Crippen LogP contribution in [0.15, 0.2) is 0 Å². The molecule has 1 N–H and O–H groups in total. The van der Waals surface area contributed by atoms with E-state index < -0.39 is 0 Å². The quantitative estimate of drug-likeness (QED) is 0.520. The van der Waals surface area contributed by atoms with Crippen molar-refractivity contribution in [1.29, 1.82) is 0 Å². The molecule has 0 aromatic carbocycles. The van der Waals surface area contributed by atoms with E-state index in [0.717, 1.165) is 32.8 Å². The molecule has 0 aliphatic carbocycles. The number of hydrogen-bond donors (Lipinski definition) is 1. The molecular formula is C8H16N2O. The molecule has 2 unspecified atom stereocenters. The smallest absolute Gasteiger partial charge is 0.0635 e. The fourth-order valence-electron chi connectivity index (χ4n) is 2.00. The molecule has 0 aromatic rings. The minimum atomic E-state index is 0.632. The minimum absolute atomic E-state index is 0.632. The second-order valence-corrected chi connectivity index (χ2v) is 3.47. The highest BCUT2D eigenvalue weighted by Gasteiger charge is 2.29. The van der Waals surface area contributed by atoms with Crippen molar-refractivity contribution < 1.29 is 4.74 Å².